The van der Waals surface area contributed by atoms with Gasteiger partial charge in [-0.15, -0.1) is 24.0 Å². The number of ether oxygens (including phenoxy) is 1. The second-order valence-electron chi connectivity index (χ2n) is 5.11. The molecular weight excluding hydrogens is 341 g/mol. The van der Waals surface area contributed by atoms with E-state index in [0.29, 0.717) is 11.9 Å². The lowest BCUT2D eigenvalue weighted by Crippen LogP contribution is -2.40. The van der Waals surface area contributed by atoms with Crippen LogP contribution in [-0.4, -0.2) is 43.7 Å². The number of nitrogens with two attached hydrogens (primary N) is 1. The second kappa shape index (κ2) is 10.8. The number of likely N-dealkylation sites (tertiary alicyclic amines) is 1. The summed E-state index contributed by atoms with van der Waals surface area (Å²) >= 11 is 0. The van der Waals surface area contributed by atoms with E-state index in [4.69, 9.17) is 10.5 Å². The van der Waals surface area contributed by atoms with Gasteiger partial charge in [0.25, 0.3) is 0 Å². The first kappa shape index (κ1) is 18.0. The van der Waals surface area contributed by atoms with Gasteiger partial charge in [-0.2, -0.15) is 0 Å². The maximum absolute atomic E-state index is 5.95. The fourth-order valence-corrected chi connectivity index (χ4v) is 1.90. The average Bonchev–Trinajstić information content (AvgIpc) is 2.34. The summed E-state index contributed by atoms with van der Waals surface area (Å²) in [6, 6.07) is 0. The number of guanidine groups is 1. The van der Waals surface area contributed by atoms with Gasteiger partial charge in [0.2, 0.25) is 0 Å². The highest BCUT2D eigenvalue weighted by atomic mass is 127. The number of rotatable bonds is 6. The van der Waals surface area contributed by atoms with E-state index < -0.39 is 0 Å². The van der Waals surface area contributed by atoms with Crippen molar-refractivity contribution in [2.75, 3.05) is 32.8 Å². The molecule has 0 aromatic carbocycles. The number of aliphatic imine (C=N–C) groups is 1. The number of nitrogens with zero attached hydrogens (tertiary/aromatic N) is 2. The van der Waals surface area contributed by atoms with Crippen molar-refractivity contribution >= 4 is 29.9 Å². The average molecular weight is 369 g/mol. The van der Waals surface area contributed by atoms with Gasteiger partial charge < -0.3 is 15.4 Å². The van der Waals surface area contributed by atoms with Crippen molar-refractivity contribution < 1.29 is 4.74 Å². The first-order chi connectivity index (χ1) is 8.20. The van der Waals surface area contributed by atoms with Crippen molar-refractivity contribution in [3.63, 3.8) is 0 Å². The van der Waals surface area contributed by atoms with Crippen molar-refractivity contribution in [2.45, 2.75) is 39.5 Å². The third-order valence-electron chi connectivity index (χ3n) is 2.85. The van der Waals surface area contributed by atoms with Crippen molar-refractivity contribution in [1.29, 1.82) is 0 Å². The highest BCUT2D eigenvalue weighted by Crippen LogP contribution is 2.07. The van der Waals surface area contributed by atoms with E-state index in [1.54, 1.807) is 0 Å². The summed E-state index contributed by atoms with van der Waals surface area (Å²) in [7, 11) is 0. The highest BCUT2D eigenvalue weighted by Gasteiger charge is 2.11. The van der Waals surface area contributed by atoms with Crippen LogP contribution in [0.15, 0.2) is 4.99 Å². The predicted octanol–water partition coefficient (Wildman–Crippen LogP) is 2.47. The van der Waals surface area contributed by atoms with E-state index in [9.17, 15) is 0 Å². The minimum absolute atomic E-state index is 0. The molecule has 0 aliphatic carbocycles. The van der Waals surface area contributed by atoms with E-state index in [0.717, 1.165) is 39.3 Å². The van der Waals surface area contributed by atoms with Gasteiger partial charge in [0.05, 0.1) is 0 Å². The Morgan fingerprint density at radius 2 is 1.94 bits per heavy atom. The van der Waals surface area contributed by atoms with E-state index in [2.05, 4.69) is 23.7 Å². The summed E-state index contributed by atoms with van der Waals surface area (Å²) in [5, 5.41) is 0. The Bertz CT molecular complexity index is 228. The summed E-state index contributed by atoms with van der Waals surface area (Å²) in [6.07, 6.45) is 4.77. The molecule has 1 fully saturated rings. The van der Waals surface area contributed by atoms with Crippen LogP contribution in [0.25, 0.3) is 0 Å². The molecule has 1 heterocycles. The third kappa shape index (κ3) is 8.13. The Morgan fingerprint density at radius 3 is 2.56 bits per heavy atom. The molecule has 0 spiro atoms. The van der Waals surface area contributed by atoms with Crippen LogP contribution in [0.3, 0.4) is 0 Å². The van der Waals surface area contributed by atoms with Crippen molar-refractivity contribution in [2.24, 2.45) is 16.6 Å². The number of piperidine rings is 1. The molecule has 108 valence electrons. The van der Waals surface area contributed by atoms with E-state index in [-0.39, 0.29) is 24.0 Å². The molecule has 0 unspecified atom stereocenters. The van der Waals surface area contributed by atoms with Crippen molar-refractivity contribution in [3.05, 3.63) is 0 Å². The van der Waals surface area contributed by atoms with E-state index in [1.165, 1.54) is 19.3 Å². The van der Waals surface area contributed by atoms with Gasteiger partial charge in [-0.25, -0.2) is 0 Å². The minimum atomic E-state index is 0. The number of hydrogen-bond donors (Lipinski definition) is 1. The molecule has 0 radical (unpaired) electrons. The number of halogens is 1. The SMILES string of the molecule is CC(C)COCCCN=C(N)N1CCCCC1.I. The zero-order chi connectivity index (χ0) is 12.5. The molecule has 1 aliphatic heterocycles. The van der Waals surface area contributed by atoms with Crippen LogP contribution >= 0.6 is 24.0 Å². The highest BCUT2D eigenvalue weighted by molar-refractivity contribution is 14.0. The molecule has 0 aromatic rings. The molecule has 0 saturated carbocycles. The summed E-state index contributed by atoms with van der Waals surface area (Å²) in [4.78, 5) is 6.60. The fourth-order valence-electron chi connectivity index (χ4n) is 1.90. The Labute approximate surface area is 128 Å². The van der Waals surface area contributed by atoms with E-state index in [1.807, 2.05) is 0 Å². The summed E-state index contributed by atoms with van der Waals surface area (Å²) in [6.45, 7) is 8.86. The van der Waals surface area contributed by atoms with Crippen LogP contribution in [-0.2, 0) is 4.74 Å². The molecule has 1 saturated heterocycles. The van der Waals surface area contributed by atoms with Gasteiger partial charge in [0.1, 0.15) is 0 Å². The monoisotopic (exact) mass is 369 g/mol. The second-order valence-corrected chi connectivity index (χ2v) is 5.11. The molecule has 0 amide bonds. The van der Waals surface area contributed by atoms with Crippen LogP contribution < -0.4 is 5.73 Å². The standard InChI is InChI=1S/C13H27N3O.HI/c1-12(2)11-17-10-6-7-15-13(14)16-8-4-3-5-9-16;/h12H,3-11H2,1-2H3,(H2,14,15);1H. The van der Waals surface area contributed by atoms with Gasteiger partial charge in [0, 0.05) is 32.8 Å². The minimum Gasteiger partial charge on any atom is -0.381 e. The Morgan fingerprint density at radius 1 is 1.28 bits per heavy atom. The molecule has 4 nitrogen and oxygen atoms in total. The summed E-state index contributed by atoms with van der Waals surface area (Å²) in [5.41, 5.74) is 5.95. The molecule has 0 atom stereocenters. The van der Waals surface area contributed by atoms with Crippen LogP contribution in [0.4, 0.5) is 0 Å². The Balaban J connectivity index is 0.00000289. The fraction of sp³-hybridized carbons (Fsp3) is 0.923. The largest absolute Gasteiger partial charge is 0.381 e. The van der Waals surface area contributed by atoms with Crippen LogP contribution in [0.2, 0.25) is 0 Å². The molecule has 0 aromatic heterocycles. The summed E-state index contributed by atoms with van der Waals surface area (Å²) in [5.74, 6) is 1.32. The first-order valence-corrected chi connectivity index (χ1v) is 6.82. The maximum Gasteiger partial charge on any atom is 0.191 e. The predicted molar refractivity (Wildman–Crippen MR) is 87.6 cm³/mol. The Hall–Kier alpha value is -0.0400. The lowest BCUT2D eigenvalue weighted by atomic mass is 10.1. The van der Waals surface area contributed by atoms with Crippen molar-refractivity contribution in [1.82, 2.24) is 4.90 Å². The smallest absolute Gasteiger partial charge is 0.191 e. The molecule has 5 heteroatoms. The number of hydrogen-bond acceptors (Lipinski definition) is 2. The van der Waals surface area contributed by atoms with Gasteiger partial charge in [-0.05, 0) is 31.6 Å². The van der Waals surface area contributed by atoms with E-state index >= 15 is 0 Å². The molecule has 18 heavy (non-hydrogen) atoms. The Kier molecular flexibility index (Phi) is 10.8. The quantitative estimate of drug-likeness (QED) is 0.339. The van der Waals surface area contributed by atoms with Gasteiger partial charge >= 0.3 is 0 Å². The van der Waals surface area contributed by atoms with Crippen LogP contribution in [0.5, 0.6) is 0 Å². The van der Waals surface area contributed by atoms with Gasteiger partial charge in [0.15, 0.2) is 5.96 Å². The van der Waals surface area contributed by atoms with Crippen LogP contribution in [0, 0.1) is 5.92 Å². The molecular formula is C13H28IN3O. The molecule has 1 rings (SSSR count). The maximum atomic E-state index is 5.95. The zero-order valence-electron chi connectivity index (χ0n) is 11.7. The molecule has 1 aliphatic rings. The van der Waals surface area contributed by atoms with Crippen molar-refractivity contribution in [3.8, 4) is 0 Å². The van der Waals surface area contributed by atoms with Crippen LogP contribution in [0.1, 0.15) is 39.5 Å². The lowest BCUT2D eigenvalue weighted by Gasteiger charge is -2.27. The third-order valence-corrected chi connectivity index (χ3v) is 2.85. The molecule has 2 N–H and O–H groups in total. The normalized spacial score (nSPS) is 16.8. The zero-order valence-corrected chi connectivity index (χ0v) is 14.1. The summed E-state index contributed by atoms with van der Waals surface area (Å²) < 4.78 is 5.50. The van der Waals surface area contributed by atoms with Gasteiger partial charge in [-0.3, -0.25) is 4.99 Å². The van der Waals surface area contributed by atoms with Gasteiger partial charge in [-0.1, -0.05) is 13.8 Å². The lowest BCUT2D eigenvalue weighted by molar-refractivity contribution is 0.109. The molecule has 0 bridgehead atoms. The topological polar surface area (TPSA) is 50.9 Å². The first-order valence-electron chi connectivity index (χ1n) is 6.82.